The second-order valence-corrected chi connectivity index (χ2v) is 13.5. The Hall–Kier alpha value is -6.58. The van der Waals surface area contributed by atoms with E-state index in [2.05, 4.69) is 153 Å². The molecule has 3 nitrogen and oxygen atoms in total. The lowest BCUT2D eigenvalue weighted by molar-refractivity contribution is 0.670. The number of aromatic nitrogens is 2. The van der Waals surface area contributed by atoms with Gasteiger partial charge in [-0.2, -0.15) is 0 Å². The number of para-hydroxylation sites is 2. The van der Waals surface area contributed by atoms with Gasteiger partial charge in [0.1, 0.15) is 11.2 Å². The minimum atomic E-state index is -0.306. The van der Waals surface area contributed by atoms with Crippen LogP contribution in [0.4, 0.5) is 0 Å². The first-order chi connectivity index (χ1) is 25.2. The van der Waals surface area contributed by atoms with E-state index in [0.717, 1.165) is 61.1 Å². The van der Waals surface area contributed by atoms with Gasteiger partial charge < -0.3 is 4.42 Å². The molecule has 1 aliphatic carbocycles. The zero-order valence-corrected chi connectivity index (χ0v) is 28.0. The summed E-state index contributed by atoms with van der Waals surface area (Å²) < 4.78 is 6.51. The van der Waals surface area contributed by atoms with Gasteiger partial charge in [0, 0.05) is 38.4 Å². The lowest BCUT2D eigenvalue weighted by Crippen LogP contribution is -2.22. The monoisotopic (exact) mass is 652 g/mol. The number of rotatable bonds is 5. The molecule has 2 heterocycles. The summed E-state index contributed by atoms with van der Waals surface area (Å²) >= 11 is 0. The van der Waals surface area contributed by atoms with Crippen LogP contribution in [0, 0.1) is 0 Å². The Balaban J connectivity index is 1.19. The molecule has 2 aromatic heterocycles. The van der Waals surface area contributed by atoms with Crippen LogP contribution in [0.15, 0.2) is 180 Å². The molecule has 240 valence electrons. The van der Waals surface area contributed by atoms with Crippen LogP contribution in [0.1, 0.15) is 23.6 Å². The Morgan fingerprint density at radius 2 is 1.06 bits per heavy atom. The maximum atomic E-state index is 6.51. The molecular weight excluding hydrogens is 621 g/mol. The first-order valence-electron chi connectivity index (χ1n) is 17.4. The fourth-order valence-electron chi connectivity index (χ4n) is 8.08. The van der Waals surface area contributed by atoms with Gasteiger partial charge in [-0.1, -0.05) is 158 Å². The van der Waals surface area contributed by atoms with Gasteiger partial charge in [-0.05, 0) is 58.5 Å². The molecular formula is C48H32N2O. The predicted molar refractivity (Wildman–Crippen MR) is 208 cm³/mol. The second kappa shape index (κ2) is 11.5. The molecule has 0 bridgehead atoms. The third-order valence-electron chi connectivity index (χ3n) is 10.6. The van der Waals surface area contributed by atoms with E-state index in [0.29, 0.717) is 5.82 Å². The molecule has 0 N–H and O–H groups in total. The summed E-state index contributed by atoms with van der Waals surface area (Å²) in [7, 11) is 0. The summed E-state index contributed by atoms with van der Waals surface area (Å²) in [5, 5.41) is 2.22. The maximum Gasteiger partial charge on any atom is 0.160 e. The summed E-state index contributed by atoms with van der Waals surface area (Å²) in [5.74, 6) is 0.689. The first kappa shape index (κ1) is 29.3. The third-order valence-corrected chi connectivity index (χ3v) is 10.6. The van der Waals surface area contributed by atoms with Gasteiger partial charge in [0.05, 0.1) is 11.4 Å². The molecule has 1 unspecified atom stereocenters. The van der Waals surface area contributed by atoms with Crippen molar-refractivity contribution in [2.45, 2.75) is 12.3 Å². The number of benzene rings is 7. The molecule has 51 heavy (non-hydrogen) atoms. The van der Waals surface area contributed by atoms with Crippen LogP contribution in [-0.2, 0) is 5.41 Å². The van der Waals surface area contributed by atoms with E-state index >= 15 is 0 Å². The van der Waals surface area contributed by atoms with Crippen LogP contribution in [-0.4, -0.2) is 9.97 Å². The van der Waals surface area contributed by atoms with Crippen molar-refractivity contribution in [1.82, 2.24) is 9.97 Å². The Morgan fingerprint density at radius 1 is 0.431 bits per heavy atom. The highest BCUT2D eigenvalue weighted by Gasteiger charge is 2.40. The van der Waals surface area contributed by atoms with Crippen molar-refractivity contribution in [2.24, 2.45) is 0 Å². The zero-order chi connectivity index (χ0) is 33.9. The highest BCUT2D eigenvalue weighted by Crippen LogP contribution is 2.53. The summed E-state index contributed by atoms with van der Waals surface area (Å²) in [5.41, 5.74) is 14.8. The normalized spacial score (nSPS) is 14.8. The summed E-state index contributed by atoms with van der Waals surface area (Å²) in [6.07, 6.45) is 0. The third kappa shape index (κ3) is 4.59. The Kier molecular flexibility index (Phi) is 6.62. The molecule has 1 aliphatic rings. The Bertz CT molecular complexity index is 2760. The topological polar surface area (TPSA) is 38.9 Å². The van der Waals surface area contributed by atoms with Crippen molar-refractivity contribution < 1.29 is 4.42 Å². The number of furan rings is 1. The van der Waals surface area contributed by atoms with Gasteiger partial charge >= 0.3 is 0 Å². The predicted octanol–water partition coefficient (Wildman–Crippen LogP) is 12.4. The van der Waals surface area contributed by atoms with E-state index < -0.39 is 0 Å². The molecule has 0 saturated heterocycles. The zero-order valence-electron chi connectivity index (χ0n) is 28.0. The first-order valence-corrected chi connectivity index (χ1v) is 17.4. The SMILES string of the molecule is CC1(c2ccccc2)c2ccccc2-c2ccc(-c3cc(-c4ccccc4-c4cccc5c4oc4ccccc45)nc(-c4ccccc4)n3)cc21. The molecule has 7 aromatic carbocycles. The molecule has 0 spiro atoms. The van der Waals surface area contributed by atoms with Crippen molar-refractivity contribution in [1.29, 1.82) is 0 Å². The van der Waals surface area contributed by atoms with Gasteiger partial charge in [-0.3, -0.25) is 0 Å². The molecule has 0 amide bonds. The lowest BCUT2D eigenvalue weighted by Gasteiger charge is -2.28. The van der Waals surface area contributed by atoms with E-state index in [1.807, 2.05) is 30.3 Å². The quantitative estimate of drug-likeness (QED) is 0.186. The fourth-order valence-corrected chi connectivity index (χ4v) is 8.08. The summed E-state index contributed by atoms with van der Waals surface area (Å²) in [6.45, 7) is 2.35. The van der Waals surface area contributed by atoms with Gasteiger partial charge in [0.25, 0.3) is 0 Å². The van der Waals surface area contributed by atoms with Crippen LogP contribution >= 0.6 is 0 Å². The molecule has 0 radical (unpaired) electrons. The number of nitrogens with zero attached hydrogens (tertiary/aromatic N) is 2. The second-order valence-electron chi connectivity index (χ2n) is 13.5. The smallest absolute Gasteiger partial charge is 0.160 e. The van der Waals surface area contributed by atoms with Crippen molar-refractivity contribution in [3.8, 4) is 56.2 Å². The van der Waals surface area contributed by atoms with Crippen LogP contribution in [0.3, 0.4) is 0 Å². The average molecular weight is 653 g/mol. The Morgan fingerprint density at radius 3 is 1.90 bits per heavy atom. The summed E-state index contributed by atoms with van der Waals surface area (Å²) in [4.78, 5) is 10.5. The maximum absolute atomic E-state index is 6.51. The highest BCUT2D eigenvalue weighted by atomic mass is 16.3. The molecule has 10 rings (SSSR count). The van der Waals surface area contributed by atoms with Gasteiger partial charge in [-0.25, -0.2) is 9.97 Å². The number of fused-ring (bicyclic) bond motifs is 6. The molecule has 0 fully saturated rings. The molecule has 0 aliphatic heterocycles. The highest BCUT2D eigenvalue weighted by molar-refractivity contribution is 6.10. The van der Waals surface area contributed by atoms with E-state index in [1.165, 1.54) is 27.8 Å². The van der Waals surface area contributed by atoms with Crippen LogP contribution in [0.25, 0.3) is 78.1 Å². The van der Waals surface area contributed by atoms with Crippen molar-refractivity contribution in [3.63, 3.8) is 0 Å². The van der Waals surface area contributed by atoms with E-state index in [9.17, 15) is 0 Å². The lowest BCUT2D eigenvalue weighted by atomic mass is 9.74. The molecule has 9 aromatic rings. The minimum absolute atomic E-state index is 0.306. The van der Waals surface area contributed by atoms with E-state index in [1.54, 1.807) is 0 Å². The minimum Gasteiger partial charge on any atom is -0.455 e. The van der Waals surface area contributed by atoms with Gasteiger partial charge in [0.2, 0.25) is 0 Å². The summed E-state index contributed by atoms with van der Waals surface area (Å²) in [6, 6.07) is 62.0. The molecule has 1 atom stereocenters. The molecule has 3 heteroatoms. The van der Waals surface area contributed by atoms with Crippen LogP contribution < -0.4 is 0 Å². The van der Waals surface area contributed by atoms with E-state index in [-0.39, 0.29) is 5.41 Å². The van der Waals surface area contributed by atoms with Crippen LogP contribution in [0.2, 0.25) is 0 Å². The van der Waals surface area contributed by atoms with Crippen molar-refractivity contribution in [2.75, 3.05) is 0 Å². The van der Waals surface area contributed by atoms with Gasteiger partial charge in [-0.15, -0.1) is 0 Å². The van der Waals surface area contributed by atoms with Crippen LogP contribution in [0.5, 0.6) is 0 Å². The van der Waals surface area contributed by atoms with Crippen molar-refractivity contribution >= 4 is 21.9 Å². The average Bonchev–Trinajstić information content (AvgIpc) is 3.72. The van der Waals surface area contributed by atoms with E-state index in [4.69, 9.17) is 14.4 Å². The Labute approximate surface area is 296 Å². The number of hydrogen-bond acceptors (Lipinski definition) is 3. The largest absolute Gasteiger partial charge is 0.455 e. The fraction of sp³-hybridized carbons (Fsp3) is 0.0417. The molecule has 0 saturated carbocycles. The van der Waals surface area contributed by atoms with Crippen molar-refractivity contribution in [3.05, 3.63) is 193 Å². The standard InChI is InChI=1S/C48H32N2O/c1-48(33-17-6-3-7-18-33)41-25-12-10-20-35(41)36-28-27-32(29-42(36)48)43-30-44(50-47(49-43)31-15-4-2-5-16-31)37-21-9-8-19-34(37)39-23-14-24-40-38-22-11-13-26-45(38)51-46(39)40/h2-30H,1H3. The van der Waals surface area contributed by atoms with Gasteiger partial charge in [0.15, 0.2) is 5.82 Å². The number of hydrogen-bond donors (Lipinski definition) is 0.